The lowest BCUT2D eigenvalue weighted by molar-refractivity contribution is -0.384. The van der Waals surface area contributed by atoms with Gasteiger partial charge in [0.15, 0.2) is 6.61 Å². The summed E-state index contributed by atoms with van der Waals surface area (Å²) >= 11 is 0. The van der Waals surface area contributed by atoms with Gasteiger partial charge in [0.05, 0.1) is 17.7 Å². The van der Waals surface area contributed by atoms with Gasteiger partial charge in [-0.25, -0.2) is 0 Å². The lowest BCUT2D eigenvalue weighted by Gasteiger charge is -2.13. The molecule has 3 rings (SSSR count). The first-order valence-corrected chi connectivity index (χ1v) is 8.93. The van der Waals surface area contributed by atoms with E-state index in [1.54, 1.807) is 6.07 Å². The number of hydrogen-bond acceptors (Lipinski definition) is 5. The number of nitrogens with one attached hydrogen (secondary N) is 1. The van der Waals surface area contributed by atoms with Crippen molar-refractivity contribution in [2.45, 2.75) is 6.42 Å². The van der Waals surface area contributed by atoms with Crippen molar-refractivity contribution in [3.05, 3.63) is 94.0 Å². The molecule has 1 amide bonds. The number of carbonyl (C=O) groups is 1. The standard InChI is InChI=1S/C22H20N2O5/c1-28-21-12-11-18(24(26)27)14-19(21)23-22(25)15-29-20-10-6-5-9-17(20)13-16-7-3-2-4-8-16/h2-12,14H,13,15H2,1H3,(H,23,25). The van der Waals surface area contributed by atoms with E-state index in [0.717, 1.165) is 11.1 Å². The van der Waals surface area contributed by atoms with Crippen LogP contribution in [-0.4, -0.2) is 24.5 Å². The minimum Gasteiger partial charge on any atom is -0.495 e. The molecule has 1 N–H and O–H groups in total. The van der Waals surface area contributed by atoms with Crippen LogP contribution < -0.4 is 14.8 Å². The third kappa shape index (κ3) is 5.32. The first-order valence-electron chi connectivity index (χ1n) is 8.93. The molecule has 3 aromatic carbocycles. The number of para-hydroxylation sites is 1. The van der Waals surface area contributed by atoms with E-state index in [0.29, 0.717) is 17.9 Å². The maximum Gasteiger partial charge on any atom is 0.271 e. The molecule has 3 aromatic rings. The summed E-state index contributed by atoms with van der Waals surface area (Å²) in [5.41, 5.74) is 2.16. The van der Waals surface area contributed by atoms with Crippen LogP contribution in [0.4, 0.5) is 11.4 Å². The number of hydrogen-bond donors (Lipinski definition) is 1. The highest BCUT2D eigenvalue weighted by Crippen LogP contribution is 2.29. The minimum absolute atomic E-state index is 0.143. The van der Waals surface area contributed by atoms with Crippen LogP contribution in [0.2, 0.25) is 0 Å². The largest absolute Gasteiger partial charge is 0.495 e. The van der Waals surface area contributed by atoms with Crippen molar-refractivity contribution in [1.29, 1.82) is 0 Å². The zero-order valence-electron chi connectivity index (χ0n) is 15.8. The number of carbonyl (C=O) groups excluding carboxylic acids is 1. The fraction of sp³-hybridized carbons (Fsp3) is 0.136. The van der Waals surface area contributed by atoms with Crippen LogP contribution in [0.15, 0.2) is 72.8 Å². The molecule has 29 heavy (non-hydrogen) atoms. The van der Waals surface area contributed by atoms with Gasteiger partial charge in [-0.3, -0.25) is 14.9 Å². The fourth-order valence-corrected chi connectivity index (χ4v) is 2.84. The van der Waals surface area contributed by atoms with Crippen molar-refractivity contribution in [2.75, 3.05) is 19.0 Å². The Balaban J connectivity index is 1.67. The molecular formula is C22H20N2O5. The third-order valence-electron chi connectivity index (χ3n) is 4.24. The van der Waals surface area contributed by atoms with Gasteiger partial charge in [-0.1, -0.05) is 48.5 Å². The van der Waals surface area contributed by atoms with Gasteiger partial charge in [0.1, 0.15) is 11.5 Å². The van der Waals surface area contributed by atoms with Gasteiger partial charge in [0.25, 0.3) is 11.6 Å². The molecule has 0 aliphatic carbocycles. The van der Waals surface area contributed by atoms with Gasteiger partial charge in [-0.05, 0) is 23.3 Å². The maximum atomic E-state index is 12.3. The number of anilines is 1. The van der Waals surface area contributed by atoms with Gasteiger partial charge >= 0.3 is 0 Å². The molecule has 0 heterocycles. The zero-order valence-corrected chi connectivity index (χ0v) is 15.8. The summed E-state index contributed by atoms with van der Waals surface area (Å²) in [6.45, 7) is -0.238. The number of nitro groups is 1. The Hall–Kier alpha value is -3.87. The number of nitro benzene ring substituents is 1. The number of methoxy groups -OCH3 is 1. The second-order valence-electron chi connectivity index (χ2n) is 6.25. The average molecular weight is 392 g/mol. The van der Waals surface area contributed by atoms with Crippen molar-refractivity contribution in [1.82, 2.24) is 0 Å². The van der Waals surface area contributed by atoms with Crippen molar-refractivity contribution < 1.29 is 19.2 Å². The van der Waals surface area contributed by atoms with E-state index in [2.05, 4.69) is 5.32 Å². The predicted octanol–water partition coefficient (Wildman–Crippen LogP) is 4.21. The Bertz CT molecular complexity index is 1010. The number of amides is 1. The molecule has 0 bridgehead atoms. The van der Waals surface area contributed by atoms with Gasteiger partial charge in [-0.2, -0.15) is 0 Å². The lowest BCUT2D eigenvalue weighted by Crippen LogP contribution is -2.21. The van der Waals surface area contributed by atoms with Gasteiger partial charge in [-0.15, -0.1) is 0 Å². The van der Waals surface area contributed by atoms with Crippen LogP contribution in [0, 0.1) is 10.1 Å². The SMILES string of the molecule is COc1ccc([N+](=O)[O-])cc1NC(=O)COc1ccccc1Cc1ccccc1. The normalized spacial score (nSPS) is 10.2. The Labute approximate surface area is 168 Å². The first-order chi connectivity index (χ1) is 14.1. The van der Waals surface area contributed by atoms with Crippen molar-refractivity contribution in [3.8, 4) is 11.5 Å². The van der Waals surface area contributed by atoms with Crippen LogP contribution in [-0.2, 0) is 11.2 Å². The van der Waals surface area contributed by atoms with Gasteiger partial charge < -0.3 is 14.8 Å². The zero-order chi connectivity index (χ0) is 20.6. The quantitative estimate of drug-likeness (QED) is 0.458. The highest BCUT2D eigenvalue weighted by molar-refractivity contribution is 5.93. The summed E-state index contributed by atoms with van der Waals surface area (Å²) in [6.07, 6.45) is 0.678. The number of ether oxygens (including phenoxy) is 2. The molecule has 0 radical (unpaired) electrons. The molecule has 7 nitrogen and oxygen atoms in total. The van der Waals surface area contributed by atoms with E-state index in [4.69, 9.17) is 9.47 Å². The van der Waals surface area contributed by atoms with E-state index in [9.17, 15) is 14.9 Å². The molecule has 0 saturated carbocycles. The molecule has 0 spiro atoms. The second kappa shape index (κ2) is 9.36. The van der Waals surface area contributed by atoms with E-state index < -0.39 is 10.8 Å². The summed E-state index contributed by atoms with van der Waals surface area (Å²) in [7, 11) is 1.42. The lowest BCUT2D eigenvalue weighted by atomic mass is 10.0. The van der Waals surface area contributed by atoms with Crippen molar-refractivity contribution in [3.63, 3.8) is 0 Å². The molecule has 0 aromatic heterocycles. The highest BCUT2D eigenvalue weighted by atomic mass is 16.6. The molecule has 7 heteroatoms. The number of benzene rings is 3. The number of rotatable bonds is 8. The van der Waals surface area contributed by atoms with Gasteiger partial charge in [0.2, 0.25) is 0 Å². The van der Waals surface area contributed by atoms with E-state index in [1.807, 2.05) is 48.5 Å². The van der Waals surface area contributed by atoms with Crippen LogP contribution in [0.1, 0.15) is 11.1 Å². The minimum atomic E-state index is -0.536. The molecule has 0 aliphatic rings. The molecular weight excluding hydrogens is 372 g/mol. The number of non-ortho nitro benzene ring substituents is 1. The van der Waals surface area contributed by atoms with Crippen LogP contribution in [0.3, 0.4) is 0 Å². The summed E-state index contributed by atoms with van der Waals surface area (Å²) in [4.78, 5) is 22.8. The van der Waals surface area contributed by atoms with E-state index >= 15 is 0 Å². The van der Waals surface area contributed by atoms with Crippen LogP contribution in [0.25, 0.3) is 0 Å². The molecule has 0 unspecified atom stereocenters. The third-order valence-corrected chi connectivity index (χ3v) is 4.24. The Morgan fingerprint density at radius 3 is 2.45 bits per heavy atom. The topological polar surface area (TPSA) is 90.7 Å². The number of nitrogens with zero attached hydrogens (tertiary/aromatic N) is 1. The van der Waals surface area contributed by atoms with Gasteiger partial charge in [0, 0.05) is 18.6 Å². The molecule has 0 aliphatic heterocycles. The van der Waals surface area contributed by atoms with Crippen LogP contribution in [0.5, 0.6) is 11.5 Å². The van der Waals surface area contributed by atoms with Crippen molar-refractivity contribution in [2.24, 2.45) is 0 Å². The maximum absolute atomic E-state index is 12.3. The summed E-state index contributed by atoms with van der Waals surface area (Å²) < 4.78 is 10.9. The summed E-state index contributed by atoms with van der Waals surface area (Å²) in [6, 6.07) is 21.5. The molecule has 0 fully saturated rings. The fourth-order valence-electron chi connectivity index (χ4n) is 2.84. The monoisotopic (exact) mass is 392 g/mol. The average Bonchev–Trinajstić information content (AvgIpc) is 2.74. The van der Waals surface area contributed by atoms with E-state index in [1.165, 1.54) is 25.3 Å². The smallest absolute Gasteiger partial charge is 0.271 e. The molecule has 0 saturated heterocycles. The Morgan fingerprint density at radius 1 is 1.00 bits per heavy atom. The summed E-state index contributed by atoms with van der Waals surface area (Å²) in [5.74, 6) is 0.490. The van der Waals surface area contributed by atoms with E-state index in [-0.39, 0.29) is 18.0 Å². The Morgan fingerprint density at radius 2 is 1.72 bits per heavy atom. The molecule has 148 valence electrons. The Kier molecular flexibility index (Phi) is 6.42. The van der Waals surface area contributed by atoms with Crippen LogP contribution >= 0.6 is 0 Å². The molecule has 0 atom stereocenters. The first kappa shape index (κ1) is 19.9. The predicted molar refractivity (Wildman–Crippen MR) is 109 cm³/mol. The summed E-state index contributed by atoms with van der Waals surface area (Å²) in [5, 5.41) is 13.6. The highest BCUT2D eigenvalue weighted by Gasteiger charge is 2.14. The van der Waals surface area contributed by atoms with Crippen molar-refractivity contribution >= 4 is 17.3 Å². The second-order valence-corrected chi connectivity index (χ2v) is 6.25.